The first-order valence-electron chi connectivity index (χ1n) is 9.34. The zero-order valence-corrected chi connectivity index (χ0v) is 15.3. The van der Waals surface area contributed by atoms with Crippen LogP contribution in [-0.4, -0.2) is 18.2 Å². The average molecular weight is 343 g/mol. The topological polar surface area (TPSA) is 52.7 Å². The highest BCUT2D eigenvalue weighted by Gasteiger charge is 2.35. The summed E-state index contributed by atoms with van der Waals surface area (Å²) in [6.07, 6.45) is 28.7. The molecule has 0 aromatic rings. The van der Waals surface area contributed by atoms with E-state index in [4.69, 9.17) is 4.74 Å². The molecule has 1 heterocycles. The number of carboxylic acids is 1. The molecule has 138 valence electrons. The number of rotatable bonds is 14. The summed E-state index contributed by atoms with van der Waals surface area (Å²) in [6, 6.07) is 0. The van der Waals surface area contributed by atoms with E-state index in [1.165, 1.54) is 0 Å². The van der Waals surface area contributed by atoms with E-state index in [1.54, 1.807) is 0 Å². The third kappa shape index (κ3) is 13.1. The predicted molar refractivity (Wildman–Crippen MR) is 102 cm³/mol. The number of ether oxygens (including phenoxy) is 1. The normalized spacial score (nSPS) is 20.8. The summed E-state index contributed by atoms with van der Waals surface area (Å²) >= 11 is 0. The molecule has 2 atom stereocenters. The highest BCUT2D eigenvalue weighted by atomic mass is 16.6. The standard InChI is InChI=1S/C22H32O3/c1-2-20-21(25-20)18-16-14-12-10-8-6-4-3-5-7-9-11-13-15-17-19-22(23)24/h3-4,7-10,13-16,20-21H,2,5-6,11-12,17-19H2,1H3,(H,23,24)/p-1/b4-3-,9-7-,10-8-,15-13-,16-14-. The fraction of sp³-hybridized carbons (Fsp3) is 0.500. The number of hydrogen-bond donors (Lipinski definition) is 0. The van der Waals surface area contributed by atoms with Gasteiger partial charge in [0.1, 0.15) is 0 Å². The maximum Gasteiger partial charge on any atom is 0.0876 e. The van der Waals surface area contributed by atoms with Gasteiger partial charge in [-0.05, 0) is 51.4 Å². The molecule has 0 saturated carbocycles. The maximum absolute atomic E-state index is 10.2. The molecule has 1 aliphatic heterocycles. The van der Waals surface area contributed by atoms with Gasteiger partial charge in [0.15, 0.2) is 0 Å². The zero-order chi connectivity index (χ0) is 18.2. The first-order valence-corrected chi connectivity index (χ1v) is 9.34. The number of carbonyl (C=O) groups excluding carboxylic acids is 1. The lowest BCUT2D eigenvalue weighted by molar-refractivity contribution is -0.305. The molecule has 0 aliphatic carbocycles. The molecule has 0 aromatic carbocycles. The summed E-state index contributed by atoms with van der Waals surface area (Å²) < 4.78 is 5.49. The molecule has 0 spiro atoms. The zero-order valence-electron chi connectivity index (χ0n) is 15.3. The Morgan fingerprint density at radius 1 is 0.800 bits per heavy atom. The minimum atomic E-state index is -0.992. The Morgan fingerprint density at radius 2 is 1.28 bits per heavy atom. The molecule has 1 rings (SSSR count). The maximum atomic E-state index is 10.2. The van der Waals surface area contributed by atoms with E-state index < -0.39 is 5.97 Å². The second-order valence-electron chi connectivity index (χ2n) is 6.07. The number of aliphatic carboxylic acids is 1. The van der Waals surface area contributed by atoms with Crippen LogP contribution in [0.4, 0.5) is 0 Å². The fourth-order valence-electron chi connectivity index (χ4n) is 2.38. The summed E-state index contributed by atoms with van der Waals surface area (Å²) in [4.78, 5) is 10.2. The van der Waals surface area contributed by atoms with Crippen molar-refractivity contribution in [2.45, 2.75) is 70.5 Å². The van der Waals surface area contributed by atoms with Gasteiger partial charge in [0.2, 0.25) is 0 Å². The van der Waals surface area contributed by atoms with Gasteiger partial charge in [0.05, 0.1) is 12.2 Å². The minimum Gasteiger partial charge on any atom is -0.550 e. The minimum absolute atomic E-state index is 0.0977. The van der Waals surface area contributed by atoms with Crippen LogP contribution in [0.1, 0.15) is 58.3 Å². The monoisotopic (exact) mass is 343 g/mol. The second kappa shape index (κ2) is 14.5. The van der Waals surface area contributed by atoms with Crippen molar-refractivity contribution in [3.8, 4) is 0 Å². The van der Waals surface area contributed by atoms with Crippen molar-refractivity contribution >= 4 is 5.97 Å². The summed E-state index contributed by atoms with van der Waals surface area (Å²) in [5, 5.41) is 10.2. The van der Waals surface area contributed by atoms with E-state index in [0.29, 0.717) is 18.6 Å². The van der Waals surface area contributed by atoms with E-state index in [1.807, 2.05) is 12.2 Å². The van der Waals surface area contributed by atoms with Gasteiger partial charge in [-0.2, -0.15) is 0 Å². The molecule has 1 fully saturated rings. The molecule has 1 saturated heterocycles. The summed E-state index contributed by atoms with van der Waals surface area (Å²) in [7, 11) is 0. The van der Waals surface area contributed by atoms with Crippen LogP contribution in [0, 0.1) is 0 Å². The van der Waals surface area contributed by atoms with Gasteiger partial charge in [-0.1, -0.05) is 67.7 Å². The Balaban J connectivity index is 1.91. The van der Waals surface area contributed by atoms with Crippen LogP contribution in [0.2, 0.25) is 0 Å². The number of carbonyl (C=O) groups is 1. The molecule has 1 aliphatic rings. The van der Waals surface area contributed by atoms with Gasteiger partial charge in [-0.3, -0.25) is 0 Å². The first-order chi connectivity index (χ1) is 12.2. The molecule has 0 bridgehead atoms. The van der Waals surface area contributed by atoms with Crippen LogP contribution in [0.3, 0.4) is 0 Å². The van der Waals surface area contributed by atoms with Crippen molar-refractivity contribution in [3.05, 3.63) is 60.8 Å². The predicted octanol–water partition coefficient (Wildman–Crippen LogP) is 4.43. The van der Waals surface area contributed by atoms with Gasteiger partial charge in [-0.25, -0.2) is 0 Å². The third-order valence-electron chi connectivity index (χ3n) is 3.90. The van der Waals surface area contributed by atoms with Crippen molar-refractivity contribution in [3.63, 3.8) is 0 Å². The van der Waals surface area contributed by atoms with Crippen LogP contribution in [-0.2, 0) is 9.53 Å². The van der Waals surface area contributed by atoms with Gasteiger partial charge >= 0.3 is 0 Å². The molecular formula is C22H31O3-. The Hall–Kier alpha value is -1.87. The fourth-order valence-corrected chi connectivity index (χ4v) is 2.38. The van der Waals surface area contributed by atoms with Crippen molar-refractivity contribution in [2.24, 2.45) is 0 Å². The molecule has 3 nitrogen and oxygen atoms in total. The van der Waals surface area contributed by atoms with Crippen LogP contribution in [0.5, 0.6) is 0 Å². The summed E-state index contributed by atoms with van der Waals surface area (Å²) in [6.45, 7) is 2.17. The van der Waals surface area contributed by atoms with Crippen LogP contribution in [0.15, 0.2) is 60.8 Å². The summed E-state index contributed by atoms with van der Waals surface area (Å²) in [5.41, 5.74) is 0. The first kappa shape index (κ1) is 21.2. The lowest BCUT2D eigenvalue weighted by atomic mass is 10.2. The number of allylic oxidation sites excluding steroid dienone is 9. The molecule has 0 aromatic heterocycles. The summed E-state index contributed by atoms with van der Waals surface area (Å²) in [5.74, 6) is -0.992. The van der Waals surface area contributed by atoms with Crippen molar-refractivity contribution in [1.29, 1.82) is 0 Å². The molecule has 25 heavy (non-hydrogen) atoms. The largest absolute Gasteiger partial charge is 0.550 e. The average Bonchev–Trinajstić information content (AvgIpc) is 3.36. The van der Waals surface area contributed by atoms with E-state index >= 15 is 0 Å². The Morgan fingerprint density at radius 3 is 1.72 bits per heavy atom. The molecule has 2 unspecified atom stereocenters. The van der Waals surface area contributed by atoms with Crippen LogP contribution in [0.25, 0.3) is 0 Å². The lowest BCUT2D eigenvalue weighted by Gasteiger charge is -1.95. The Bertz CT molecular complexity index is 497. The second-order valence-corrected chi connectivity index (χ2v) is 6.07. The lowest BCUT2D eigenvalue weighted by Crippen LogP contribution is -2.21. The third-order valence-corrected chi connectivity index (χ3v) is 3.90. The Kier molecular flexibility index (Phi) is 12.3. The molecule has 0 amide bonds. The number of carboxylic acid groups (broad SMARTS) is 1. The van der Waals surface area contributed by atoms with E-state index in [0.717, 1.165) is 38.5 Å². The highest BCUT2D eigenvalue weighted by molar-refractivity contribution is 5.64. The van der Waals surface area contributed by atoms with Crippen LogP contribution < -0.4 is 5.11 Å². The molecule has 3 heteroatoms. The number of epoxide rings is 1. The quantitative estimate of drug-likeness (QED) is 0.346. The highest BCUT2D eigenvalue weighted by Crippen LogP contribution is 2.28. The molecule has 0 N–H and O–H groups in total. The molecule has 0 radical (unpaired) electrons. The van der Waals surface area contributed by atoms with Gasteiger partial charge in [0.25, 0.3) is 0 Å². The molecular weight excluding hydrogens is 312 g/mol. The van der Waals surface area contributed by atoms with E-state index in [9.17, 15) is 9.90 Å². The van der Waals surface area contributed by atoms with E-state index in [-0.39, 0.29) is 6.42 Å². The van der Waals surface area contributed by atoms with Gasteiger partial charge in [0, 0.05) is 5.97 Å². The Labute approximate surface area is 152 Å². The SMILES string of the molecule is CCC1OC1C/C=C\C/C=C\C/C=C\C/C=C\C/C=C\CCC(=O)[O-]. The van der Waals surface area contributed by atoms with Gasteiger partial charge < -0.3 is 14.6 Å². The van der Waals surface area contributed by atoms with Crippen molar-refractivity contribution in [1.82, 2.24) is 0 Å². The van der Waals surface area contributed by atoms with Crippen molar-refractivity contribution in [2.75, 3.05) is 0 Å². The smallest absolute Gasteiger partial charge is 0.0876 e. The number of hydrogen-bond acceptors (Lipinski definition) is 3. The van der Waals surface area contributed by atoms with Crippen molar-refractivity contribution < 1.29 is 14.6 Å². The van der Waals surface area contributed by atoms with E-state index in [2.05, 4.69) is 55.5 Å². The van der Waals surface area contributed by atoms with Crippen LogP contribution >= 0.6 is 0 Å². The van der Waals surface area contributed by atoms with Gasteiger partial charge in [-0.15, -0.1) is 0 Å².